The summed E-state index contributed by atoms with van der Waals surface area (Å²) in [5, 5.41) is 5.75. The first-order chi connectivity index (χ1) is 10.3. The van der Waals surface area contributed by atoms with Crippen molar-refractivity contribution in [1.82, 2.24) is 15.5 Å². The van der Waals surface area contributed by atoms with Crippen molar-refractivity contribution in [2.24, 2.45) is 5.92 Å². The van der Waals surface area contributed by atoms with Crippen LogP contribution in [0.5, 0.6) is 0 Å². The molecule has 0 bridgehead atoms. The van der Waals surface area contributed by atoms with Crippen LogP contribution in [0.15, 0.2) is 0 Å². The van der Waals surface area contributed by atoms with E-state index in [9.17, 15) is 4.79 Å². The highest BCUT2D eigenvalue weighted by molar-refractivity contribution is 5.73. The average Bonchev–Trinajstić information content (AvgIpc) is 2.54. The van der Waals surface area contributed by atoms with Crippen molar-refractivity contribution >= 4 is 6.03 Å². The van der Waals surface area contributed by atoms with E-state index in [0.29, 0.717) is 25.1 Å². The lowest BCUT2D eigenvalue weighted by atomic mass is 9.94. The molecule has 0 atom stereocenters. The van der Waals surface area contributed by atoms with Crippen molar-refractivity contribution in [3.05, 3.63) is 0 Å². The summed E-state index contributed by atoms with van der Waals surface area (Å²) in [5.74, 6) is 0.606. The Morgan fingerprint density at radius 3 is 2.57 bits per heavy atom. The maximum absolute atomic E-state index is 11.6. The Morgan fingerprint density at radius 2 is 1.90 bits per heavy atom. The Kier molecular flexibility index (Phi) is 7.26. The Balaban J connectivity index is 1.57. The molecule has 6 heteroatoms. The van der Waals surface area contributed by atoms with Crippen LogP contribution < -0.4 is 10.6 Å². The molecule has 0 spiro atoms. The zero-order valence-corrected chi connectivity index (χ0v) is 13.1. The van der Waals surface area contributed by atoms with Crippen LogP contribution in [0, 0.1) is 5.92 Å². The normalized spacial score (nSPS) is 22.1. The molecule has 2 N–H and O–H groups in total. The first kappa shape index (κ1) is 16.5. The zero-order chi connectivity index (χ0) is 14.9. The fourth-order valence-corrected chi connectivity index (χ4v) is 3.14. The summed E-state index contributed by atoms with van der Waals surface area (Å²) in [4.78, 5) is 14.2. The number of hydrogen-bond donors (Lipinski definition) is 2. The van der Waals surface area contributed by atoms with Crippen molar-refractivity contribution in [2.75, 3.05) is 53.1 Å². The summed E-state index contributed by atoms with van der Waals surface area (Å²) < 4.78 is 10.3. The van der Waals surface area contributed by atoms with Crippen molar-refractivity contribution in [3.63, 3.8) is 0 Å². The predicted molar refractivity (Wildman–Crippen MR) is 81.4 cm³/mol. The molecule has 0 aliphatic carbocycles. The Morgan fingerprint density at radius 1 is 1.19 bits per heavy atom. The number of piperidine rings is 1. The second-order valence-electron chi connectivity index (χ2n) is 5.95. The summed E-state index contributed by atoms with van der Waals surface area (Å²) in [6, 6.07) is 0.629. The number of methoxy groups -OCH3 is 1. The standard InChI is InChI=1S/C15H29N3O3/c1-20-11-6-16-15(19)17-12-13-2-7-18(8-3-13)14-4-9-21-10-5-14/h13-14H,2-12H2,1H3,(H2,16,17,19). The molecular formula is C15H29N3O3. The number of nitrogens with one attached hydrogen (secondary N) is 2. The fraction of sp³-hybridized carbons (Fsp3) is 0.933. The SMILES string of the molecule is COCCNC(=O)NCC1CCN(C2CCOCC2)CC1. The van der Waals surface area contributed by atoms with E-state index in [4.69, 9.17) is 9.47 Å². The van der Waals surface area contributed by atoms with Gasteiger partial charge in [0.15, 0.2) is 0 Å². The number of amides is 2. The van der Waals surface area contributed by atoms with Crippen LogP contribution in [-0.4, -0.2) is 70.1 Å². The summed E-state index contributed by atoms with van der Waals surface area (Å²) in [6.45, 7) is 6.02. The Hall–Kier alpha value is -0.850. The van der Waals surface area contributed by atoms with E-state index in [2.05, 4.69) is 15.5 Å². The highest BCUT2D eigenvalue weighted by Gasteiger charge is 2.26. The van der Waals surface area contributed by atoms with E-state index >= 15 is 0 Å². The van der Waals surface area contributed by atoms with Gasteiger partial charge in [0.05, 0.1) is 6.61 Å². The lowest BCUT2D eigenvalue weighted by Gasteiger charge is -2.39. The molecule has 2 rings (SSSR count). The van der Waals surface area contributed by atoms with Crippen LogP contribution >= 0.6 is 0 Å². The van der Waals surface area contributed by atoms with Gasteiger partial charge in [0.2, 0.25) is 0 Å². The predicted octanol–water partition coefficient (Wildman–Crippen LogP) is 0.823. The highest BCUT2D eigenvalue weighted by Crippen LogP contribution is 2.22. The second-order valence-corrected chi connectivity index (χ2v) is 5.95. The van der Waals surface area contributed by atoms with Gasteiger partial charge in [-0.05, 0) is 44.7 Å². The van der Waals surface area contributed by atoms with Crippen molar-refractivity contribution < 1.29 is 14.3 Å². The van der Waals surface area contributed by atoms with Crippen molar-refractivity contribution in [2.45, 2.75) is 31.7 Å². The minimum absolute atomic E-state index is 0.0843. The van der Waals surface area contributed by atoms with Gasteiger partial charge < -0.3 is 25.0 Å². The summed E-state index contributed by atoms with van der Waals surface area (Å²) >= 11 is 0. The molecule has 21 heavy (non-hydrogen) atoms. The number of rotatable bonds is 6. The van der Waals surface area contributed by atoms with Gasteiger partial charge in [-0.2, -0.15) is 0 Å². The lowest BCUT2D eigenvalue weighted by molar-refractivity contribution is 0.0213. The van der Waals surface area contributed by atoms with E-state index < -0.39 is 0 Å². The van der Waals surface area contributed by atoms with Crippen LogP contribution in [0.3, 0.4) is 0 Å². The molecule has 2 fully saturated rings. The molecule has 0 radical (unpaired) electrons. The molecule has 2 saturated heterocycles. The number of carbonyl (C=O) groups is 1. The minimum atomic E-state index is -0.0843. The van der Waals surface area contributed by atoms with Crippen molar-refractivity contribution in [1.29, 1.82) is 0 Å². The highest BCUT2D eigenvalue weighted by atomic mass is 16.5. The van der Waals surface area contributed by atoms with Crippen LogP contribution in [0.1, 0.15) is 25.7 Å². The van der Waals surface area contributed by atoms with Crippen LogP contribution in [0.2, 0.25) is 0 Å². The lowest BCUT2D eigenvalue weighted by Crippen LogP contribution is -2.46. The third kappa shape index (κ3) is 5.80. The molecule has 2 amide bonds. The maximum atomic E-state index is 11.6. The number of likely N-dealkylation sites (tertiary alicyclic amines) is 1. The molecule has 6 nitrogen and oxygen atoms in total. The molecule has 2 aliphatic rings. The van der Waals surface area contributed by atoms with Gasteiger partial charge in [-0.25, -0.2) is 4.79 Å². The Labute approximate surface area is 127 Å². The molecule has 0 aromatic carbocycles. The third-order valence-corrected chi connectivity index (χ3v) is 4.50. The summed E-state index contributed by atoms with van der Waals surface area (Å²) in [6.07, 6.45) is 4.70. The van der Waals surface area contributed by atoms with Gasteiger partial charge in [0.1, 0.15) is 0 Å². The van der Waals surface area contributed by atoms with Gasteiger partial charge in [-0.1, -0.05) is 0 Å². The van der Waals surface area contributed by atoms with Crippen LogP contribution in [0.4, 0.5) is 4.79 Å². The van der Waals surface area contributed by atoms with E-state index in [1.165, 1.54) is 25.7 Å². The molecule has 0 aromatic heterocycles. The summed E-state index contributed by atoms with van der Waals surface area (Å²) in [5.41, 5.74) is 0. The quantitative estimate of drug-likeness (QED) is 0.713. The van der Waals surface area contributed by atoms with E-state index in [-0.39, 0.29) is 6.03 Å². The smallest absolute Gasteiger partial charge is 0.314 e. The van der Waals surface area contributed by atoms with Crippen LogP contribution in [0.25, 0.3) is 0 Å². The number of nitrogens with zero attached hydrogens (tertiary/aromatic N) is 1. The van der Waals surface area contributed by atoms with Gasteiger partial charge in [-0.15, -0.1) is 0 Å². The number of hydrogen-bond acceptors (Lipinski definition) is 4. The largest absolute Gasteiger partial charge is 0.383 e. The van der Waals surface area contributed by atoms with Gasteiger partial charge >= 0.3 is 6.03 Å². The first-order valence-corrected chi connectivity index (χ1v) is 8.12. The zero-order valence-electron chi connectivity index (χ0n) is 13.1. The van der Waals surface area contributed by atoms with E-state index in [1.54, 1.807) is 7.11 Å². The molecule has 0 aromatic rings. The summed E-state index contributed by atoms with van der Waals surface area (Å²) in [7, 11) is 1.63. The van der Waals surface area contributed by atoms with Crippen LogP contribution in [-0.2, 0) is 9.47 Å². The van der Waals surface area contributed by atoms with Gasteiger partial charge in [-0.3, -0.25) is 0 Å². The number of urea groups is 1. The third-order valence-electron chi connectivity index (χ3n) is 4.50. The Bertz CT molecular complexity index is 301. The fourth-order valence-electron chi connectivity index (χ4n) is 3.14. The maximum Gasteiger partial charge on any atom is 0.314 e. The topological polar surface area (TPSA) is 62.8 Å². The molecule has 2 heterocycles. The average molecular weight is 299 g/mol. The second kappa shape index (κ2) is 9.23. The van der Waals surface area contributed by atoms with E-state index in [1.807, 2.05) is 0 Å². The monoisotopic (exact) mass is 299 g/mol. The van der Waals surface area contributed by atoms with Gasteiger partial charge in [0.25, 0.3) is 0 Å². The number of ether oxygens (including phenoxy) is 2. The number of carbonyl (C=O) groups excluding carboxylic acids is 1. The molecule has 2 aliphatic heterocycles. The molecule has 0 unspecified atom stereocenters. The van der Waals surface area contributed by atoms with E-state index in [0.717, 1.165) is 32.8 Å². The van der Waals surface area contributed by atoms with Gasteiger partial charge in [0, 0.05) is 39.5 Å². The van der Waals surface area contributed by atoms with Crippen molar-refractivity contribution in [3.8, 4) is 0 Å². The molecular weight excluding hydrogens is 270 g/mol. The molecule has 0 saturated carbocycles. The first-order valence-electron chi connectivity index (χ1n) is 8.12. The molecule has 122 valence electrons. The minimum Gasteiger partial charge on any atom is -0.383 e.